The first kappa shape index (κ1) is 16.3. The van der Waals surface area contributed by atoms with E-state index in [4.69, 9.17) is 0 Å². The van der Waals surface area contributed by atoms with Crippen molar-refractivity contribution in [1.29, 1.82) is 0 Å². The third kappa shape index (κ3) is 3.96. The summed E-state index contributed by atoms with van der Waals surface area (Å²) in [4.78, 5) is 26.3. The molecule has 1 unspecified atom stereocenters. The molecule has 5 heteroatoms. The molecule has 1 aliphatic heterocycles. The van der Waals surface area contributed by atoms with Crippen LogP contribution in [0.5, 0.6) is 0 Å². The SMILES string of the molecule is CCC(CC)N1CC(C(=O)Nc2cccc(I)c2)CC1=O. The lowest BCUT2D eigenvalue weighted by molar-refractivity contribution is -0.130. The fourth-order valence-electron chi connectivity index (χ4n) is 2.80. The van der Waals surface area contributed by atoms with Crippen molar-refractivity contribution in [2.75, 3.05) is 11.9 Å². The zero-order valence-electron chi connectivity index (χ0n) is 12.4. The molecular formula is C16H21IN2O2. The van der Waals surface area contributed by atoms with Crippen LogP contribution >= 0.6 is 22.6 Å². The average Bonchev–Trinajstić information content (AvgIpc) is 2.83. The quantitative estimate of drug-likeness (QED) is 0.772. The maximum atomic E-state index is 12.3. The largest absolute Gasteiger partial charge is 0.339 e. The van der Waals surface area contributed by atoms with Crippen LogP contribution in [0.3, 0.4) is 0 Å². The van der Waals surface area contributed by atoms with E-state index in [2.05, 4.69) is 41.8 Å². The number of hydrogen-bond donors (Lipinski definition) is 1. The Labute approximate surface area is 139 Å². The van der Waals surface area contributed by atoms with Gasteiger partial charge in [0, 0.05) is 28.3 Å². The van der Waals surface area contributed by atoms with Crippen LogP contribution in [0, 0.1) is 9.49 Å². The van der Waals surface area contributed by atoms with Crippen molar-refractivity contribution in [2.45, 2.75) is 39.2 Å². The Kier molecular flexibility index (Phi) is 5.61. The maximum Gasteiger partial charge on any atom is 0.229 e. The average molecular weight is 400 g/mol. The van der Waals surface area contributed by atoms with Gasteiger partial charge < -0.3 is 10.2 Å². The van der Waals surface area contributed by atoms with Crippen LogP contribution in [0.15, 0.2) is 24.3 Å². The third-order valence-corrected chi connectivity index (χ3v) is 4.68. The normalized spacial score (nSPS) is 18.4. The molecule has 1 heterocycles. The van der Waals surface area contributed by atoms with Gasteiger partial charge in [0.25, 0.3) is 0 Å². The van der Waals surface area contributed by atoms with Gasteiger partial charge in [-0.3, -0.25) is 9.59 Å². The van der Waals surface area contributed by atoms with Crippen molar-refractivity contribution in [3.63, 3.8) is 0 Å². The molecule has 0 saturated carbocycles. The van der Waals surface area contributed by atoms with Crippen LogP contribution < -0.4 is 5.32 Å². The van der Waals surface area contributed by atoms with Crippen molar-refractivity contribution in [1.82, 2.24) is 4.90 Å². The molecule has 0 spiro atoms. The molecule has 114 valence electrons. The molecule has 2 amide bonds. The van der Waals surface area contributed by atoms with E-state index in [-0.39, 0.29) is 23.8 Å². The molecule has 21 heavy (non-hydrogen) atoms. The van der Waals surface area contributed by atoms with Crippen molar-refractivity contribution in [3.05, 3.63) is 27.8 Å². The van der Waals surface area contributed by atoms with Gasteiger partial charge in [-0.05, 0) is 53.6 Å². The van der Waals surface area contributed by atoms with Crippen molar-refractivity contribution in [3.8, 4) is 0 Å². The first-order valence-electron chi connectivity index (χ1n) is 7.41. The van der Waals surface area contributed by atoms with E-state index in [0.717, 1.165) is 22.1 Å². The van der Waals surface area contributed by atoms with E-state index < -0.39 is 0 Å². The van der Waals surface area contributed by atoms with E-state index in [1.54, 1.807) is 0 Å². The molecule has 0 aliphatic carbocycles. The molecule has 1 atom stereocenters. The number of nitrogens with zero attached hydrogens (tertiary/aromatic N) is 1. The Bertz CT molecular complexity index is 529. The van der Waals surface area contributed by atoms with E-state index in [1.807, 2.05) is 29.2 Å². The van der Waals surface area contributed by atoms with E-state index in [1.165, 1.54) is 0 Å². The number of anilines is 1. The molecule has 4 nitrogen and oxygen atoms in total. The Morgan fingerprint density at radius 2 is 2.14 bits per heavy atom. The highest BCUT2D eigenvalue weighted by atomic mass is 127. The summed E-state index contributed by atoms with van der Waals surface area (Å²) in [7, 11) is 0. The predicted molar refractivity (Wildman–Crippen MR) is 92.0 cm³/mol. The fourth-order valence-corrected chi connectivity index (χ4v) is 3.34. The second-order valence-corrected chi connectivity index (χ2v) is 6.66. The zero-order valence-corrected chi connectivity index (χ0v) is 14.6. The second kappa shape index (κ2) is 7.24. The fraction of sp³-hybridized carbons (Fsp3) is 0.500. The first-order valence-corrected chi connectivity index (χ1v) is 8.48. The maximum absolute atomic E-state index is 12.3. The number of nitrogens with one attached hydrogen (secondary N) is 1. The highest BCUT2D eigenvalue weighted by molar-refractivity contribution is 14.1. The molecule has 1 N–H and O–H groups in total. The Hall–Kier alpha value is -1.11. The van der Waals surface area contributed by atoms with Gasteiger partial charge in [0.15, 0.2) is 0 Å². The summed E-state index contributed by atoms with van der Waals surface area (Å²) in [5.41, 5.74) is 0.792. The van der Waals surface area contributed by atoms with E-state index >= 15 is 0 Å². The van der Waals surface area contributed by atoms with Gasteiger partial charge in [-0.2, -0.15) is 0 Å². The smallest absolute Gasteiger partial charge is 0.229 e. The minimum absolute atomic E-state index is 0.0567. The third-order valence-electron chi connectivity index (χ3n) is 4.00. The van der Waals surface area contributed by atoms with Crippen molar-refractivity contribution >= 4 is 40.1 Å². The van der Waals surface area contributed by atoms with Crippen LogP contribution in [0.1, 0.15) is 33.1 Å². The molecule has 0 radical (unpaired) electrons. The molecule has 2 rings (SSSR count). The van der Waals surface area contributed by atoms with Gasteiger partial charge in [0.05, 0.1) is 5.92 Å². The molecule has 1 saturated heterocycles. The van der Waals surface area contributed by atoms with Gasteiger partial charge >= 0.3 is 0 Å². The summed E-state index contributed by atoms with van der Waals surface area (Å²) in [6.45, 7) is 4.71. The van der Waals surface area contributed by atoms with Crippen molar-refractivity contribution < 1.29 is 9.59 Å². The molecule has 0 aromatic heterocycles. The number of rotatable bonds is 5. The minimum atomic E-state index is -0.240. The van der Waals surface area contributed by atoms with E-state index in [9.17, 15) is 9.59 Å². The van der Waals surface area contributed by atoms with Crippen molar-refractivity contribution in [2.24, 2.45) is 5.92 Å². The Morgan fingerprint density at radius 1 is 1.43 bits per heavy atom. The number of halogens is 1. The summed E-state index contributed by atoms with van der Waals surface area (Å²) in [5.74, 6) is -0.193. The van der Waals surface area contributed by atoms with Crippen LogP contribution in [0.2, 0.25) is 0 Å². The van der Waals surface area contributed by atoms with Gasteiger partial charge in [0.2, 0.25) is 11.8 Å². The summed E-state index contributed by atoms with van der Waals surface area (Å²) in [6, 6.07) is 7.94. The molecule has 1 fully saturated rings. The zero-order chi connectivity index (χ0) is 15.4. The molecule has 1 aromatic rings. The lowest BCUT2D eigenvalue weighted by Gasteiger charge is -2.26. The molecule has 1 aliphatic rings. The topological polar surface area (TPSA) is 49.4 Å². The minimum Gasteiger partial charge on any atom is -0.339 e. The Morgan fingerprint density at radius 3 is 2.76 bits per heavy atom. The second-order valence-electron chi connectivity index (χ2n) is 5.42. The molecule has 1 aromatic carbocycles. The number of carbonyl (C=O) groups excluding carboxylic acids is 2. The lowest BCUT2D eigenvalue weighted by atomic mass is 10.1. The van der Waals surface area contributed by atoms with Crippen LogP contribution in [0.4, 0.5) is 5.69 Å². The van der Waals surface area contributed by atoms with Gasteiger partial charge in [-0.1, -0.05) is 19.9 Å². The first-order chi connectivity index (χ1) is 10.0. The highest BCUT2D eigenvalue weighted by Crippen LogP contribution is 2.24. The van der Waals surface area contributed by atoms with Gasteiger partial charge in [-0.15, -0.1) is 0 Å². The molecular weight excluding hydrogens is 379 g/mol. The number of benzene rings is 1. The monoisotopic (exact) mass is 400 g/mol. The highest BCUT2D eigenvalue weighted by Gasteiger charge is 2.36. The number of carbonyl (C=O) groups is 2. The van der Waals surface area contributed by atoms with Crippen LogP contribution in [0.25, 0.3) is 0 Å². The lowest BCUT2D eigenvalue weighted by Crippen LogP contribution is -2.36. The van der Waals surface area contributed by atoms with Crippen LogP contribution in [-0.4, -0.2) is 29.3 Å². The summed E-state index contributed by atoms with van der Waals surface area (Å²) < 4.78 is 1.08. The number of amides is 2. The van der Waals surface area contributed by atoms with Gasteiger partial charge in [-0.25, -0.2) is 0 Å². The summed E-state index contributed by atoms with van der Waals surface area (Å²) in [6.07, 6.45) is 2.20. The number of hydrogen-bond acceptors (Lipinski definition) is 2. The van der Waals surface area contributed by atoms with Gasteiger partial charge in [0.1, 0.15) is 0 Å². The van der Waals surface area contributed by atoms with E-state index in [0.29, 0.717) is 13.0 Å². The number of likely N-dealkylation sites (tertiary alicyclic amines) is 1. The Balaban J connectivity index is 2.00. The molecule has 0 bridgehead atoms. The summed E-state index contributed by atoms with van der Waals surface area (Å²) in [5, 5.41) is 2.92. The predicted octanol–water partition coefficient (Wildman–Crippen LogP) is 3.27. The van der Waals surface area contributed by atoms with Crippen LogP contribution in [-0.2, 0) is 9.59 Å². The standard InChI is InChI=1S/C16H21IN2O2/c1-3-14(4-2)19-10-11(8-15(19)20)16(21)18-13-7-5-6-12(17)9-13/h5-7,9,11,14H,3-4,8,10H2,1-2H3,(H,18,21). The summed E-state index contributed by atoms with van der Waals surface area (Å²) >= 11 is 2.21.